The Morgan fingerprint density at radius 2 is 1.28 bits per heavy atom. The largest absolute Gasteiger partial charge is 0.493 e. The Balaban J connectivity index is 2.54. The van der Waals surface area contributed by atoms with Gasteiger partial charge in [-0.1, -0.05) is 12.1 Å². The third kappa shape index (κ3) is 16.8. The average Bonchev–Trinajstić information content (AvgIpc) is 2.73. The molecule has 1 aromatic rings. The van der Waals surface area contributed by atoms with E-state index in [2.05, 4.69) is 15.8 Å². The number of guanidine groups is 1. The Morgan fingerprint density at radius 3 is 1.74 bits per heavy atom. The summed E-state index contributed by atoms with van der Waals surface area (Å²) in [4.78, 5) is 41.5. The van der Waals surface area contributed by atoms with Crippen LogP contribution in [0.2, 0.25) is 0 Å². The molecular weight excluding hydrogens is 508 g/mol. The molecule has 0 aliphatic rings. The van der Waals surface area contributed by atoms with E-state index >= 15 is 0 Å². The molecular formula is C27H44N4O8. The summed E-state index contributed by atoms with van der Waals surface area (Å²) in [5, 5.41) is 8.42. The maximum Gasteiger partial charge on any atom is 0.414 e. The molecule has 0 aliphatic heterocycles. The second-order valence-corrected chi connectivity index (χ2v) is 11.7. The van der Waals surface area contributed by atoms with Gasteiger partial charge in [-0.15, -0.1) is 0 Å². The minimum Gasteiger partial charge on any atom is -0.493 e. The number of alkyl carbamates (subject to hydrolysis) is 2. The Labute approximate surface area is 230 Å². The number of esters is 1. The monoisotopic (exact) mass is 552 g/mol. The van der Waals surface area contributed by atoms with Gasteiger partial charge in [0, 0.05) is 6.42 Å². The van der Waals surface area contributed by atoms with Gasteiger partial charge in [-0.3, -0.25) is 15.4 Å². The fourth-order valence-corrected chi connectivity index (χ4v) is 2.74. The van der Waals surface area contributed by atoms with Crippen LogP contribution < -0.4 is 21.1 Å². The molecule has 2 amide bonds. The molecule has 4 N–H and O–H groups in total. The van der Waals surface area contributed by atoms with Crippen molar-refractivity contribution in [3.63, 3.8) is 0 Å². The Kier molecular flexibility index (Phi) is 12.5. The van der Waals surface area contributed by atoms with Gasteiger partial charge in [0.15, 0.2) is 0 Å². The van der Waals surface area contributed by atoms with E-state index in [0.29, 0.717) is 25.2 Å². The van der Waals surface area contributed by atoms with Gasteiger partial charge in [-0.25, -0.2) is 9.59 Å². The van der Waals surface area contributed by atoms with Crippen molar-refractivity contribution < 1.29 is 38.2 Å². The molecule has 0 heterocycles. The average molecular weight is 553 g/mol. The maximum atomic E-state index is 12.1. The molecule has 0 unspecified atom stereocenters. The van der Waals surface area contributed by atoms with Crippen molar-refractivity contribution in [1.82, 2.24) is 10.6 Å². The fraction of sp³-hybridized carbons (Fsp3) is 0.630. The minimum absolute atomic E-state index is 0.137. The van der Waals surface area contributed by atoms with E-state index in [1.165, 1.54) is 0 Å². The molecule has 0 radical (unpaired) electrons. The van der Waals surface area contributed by atoms with Crippen molar-refractivity contribution in [1.29, 1.82) is 0 Å². The van der Waals surface area contributed by atoms with Crippen molar-refractivity contribution in [2.45, 2.75) is 98.0 Å². The first-order valence-corrected chi connectivity index (χ1v) is 12.7. The molecule has 1 rings (SSSR count). The number of nitrogens with zero attached hydrogens (tertiary/aromatic N) is 1. The number of nitrogens with one attached hydrogen (secondary N) is 2. The van der Waals surface area contributed by atoms with Crippen LogP contribution in [0.3, 0.4) is 0 Å². The number of oxime groups is 1. The fourth-order valence-electron chi connectivity index (χ4n) is 2.74. The summed E-state index contributed by atoms with van der Waals surface area (Å²) in [6.07, 6.45) is -0.835. The van der Waals surface area contributed by atoms with Gasteiger partial charge in [0.1, 0.15) is 35.2 Å². The molecule has 1 atom stereocenters. The summed E-state index contributed by atoms with van der Waals surface area (Å²) < 4.78 is 21.4. The Hall–Kier alpha value is -3.54. The quantitative estimate of drug-likeness (QED) is 0.103. The summed E-state index contributed by atoms with van der Waals surface area (Å²) in [6.45, 7) is 16.1. The first-order chi connectivity index (χ1) is 17.8. The summed E-state index contributed by atoms with van der Waals surface area (Å²) in [7, 11) is 0. The van der Waals surface area contributed by atoms with Gasteiger partial charge in [-0.05, 0) is 91.6 Å². The predicted octanol–water partition coefficient (Wildman–Crippen LogP) is 4.00. The zero-order valence-corrected chi connectivity index (χ0v) is 24.5. The van der Waals surface area contributed by atoms with Crippen LogP contribution >= 0.6 is 0 Å². The number of rotatable bonds is 9. The summed E-state index contributed by atoms with van der Waals surface area (Å²) in [6, 6.07) is 6.47. The molecule has 0 fully saturated rings. The lowest BCUT2D eigenvalue weighted by molar-refractivity contribution is -0.156. The SMILES string of the molecule is CC(C)(C)OC(=O)NC(=NOCCCOc1ccc(C[C@H](N)C(=O)OC(C)(C)C)cc1)NC(=O)OC(C)(C)C. The highest BCUT2D eigenvalue weighted by Gasteiger charge is 2.23. The maximum absolute atomic E-state index is 12.1. The second-order valence-electron chi connectivity index (χ2n) is 11.7. The van der Waals surface area contributed by atoms with Crippen molar-refractivity contribution in [2.75, 3.05) is 13.2 Å². The molecule has 39 heavy (non-hydrogen) atoms. The zero-order chi connectivity index (χ0) is 29.9. The predicted molar refractivity (Wildman–Crippen MR) is 146 cm³/mol. The normalized spacial score (nSPS) is 12.5. The minimum atomic E-state index is -0.820. The third-order valence-electron chi connectivity index (χ3n) is 4.13. The number of carbonyl (C=O) groups excluding carboxylic acids is 3. The molecule has 0 spiro atoms. The lowest BCUT2D eigenvalue weighted by atomic mass is 10.1. The second kappa shape index (κ2) is 14.6. The number of carbonyl (C=O) groups is 3. The Morgan fingerprint density at radius 1 is 0.795 bits per heavy atom. The molecule has 0 aliphatic carbocycles. The first kappa shape index (κ1) is 33.5. The van der Waals surface area contributed by atoms with E-state index in [0.717, 1.165) is 5.56 Å². The van der Waals surface area contributed by atoms with Crippen LogP contribution in [-0.2, 0) is 30.3 Å². The molecule has 0 aromatic heterocycles. The smallest absolute Gasteiger partial charge is 0.414 e. The molecule has 1 aromatic carbocycles. The molecule has 0 saturated heterocycles. The number of hydrogen-bond donors (Lipinski definition) is 3. The number of ether oxygens (including phenoxy) is 4. The lowest BCUT2D eigenvalue weighted by Crippen LogP contribution is -2.47. The van der Waals surface area contributed by atoms with E-state index in [9.17, 15) is 14.4 Å². The van der Waals surface area contributed by atoms with Crippen LogP contribution in [0.5, 0.6) is 5.75 Å². The molecule has 0 bridgehead atoms. The van der Waals surface area contributed by atoms with Crippen LogP contribution in [0.4, 0.5) is 9.59 Å². The number of hydrogen-bond acceptors (Lipinski definition) is 10. The summed E-state index contributed by atoms with van der Waals surface area (Å²) >= 11 is 0. The van der Waals surface area contributed by atoms with Crippen LogP contribution in [0.1, 0.15) is 74.3 Å². The van der Waals surface area contributed by atoms with Gasteiger partial charge in [0.2, 0.25) is 0 Å². The number of nitrogens with two attached hydrogens (primary N) is 1. The van der Waals surface area contributed by atoms with Crippen molar-refractivity contribution in [2.24, 2.45) is 10.9 Å². The van der Waals surface area contributed by atoms with Gasteiger partial charge in [0.25, 0.3) is 5.96 Å². The van der Waals surface area contributed by atoms with Gasteiger partial charge < -0.3 is 29.5 Å². The molecule has 12 heteroatoms. The van der Waals surface area contributed by atoms with E-state index < -0.39 is 41.0 Å². The highest BCUT2D eigenvalue weighted by molar-refractivity contribution is 6.01. The highest BCUT2D eigenvalue weighted by atomic mass is 16.6. The standard InChI is InChI=1S/C27H44N4O8/c1-25(2,3)37-21(32)20(28)17-18-11-13-19(14-12-18)35-15-10-16-36-31-22(29-23(33)38-26(4,5)6)30-24(34)39-27(7,8)9/h11-14,20H,10,15-17,28H2,1-9H3,(H2,29,30,31,33,34)/t20-/m0/s1. The van der Waals surface area contributed by atoms with Crippen molar-refractivity contribution >= 4 is 24.1 Å². The van der Waals surface area contributed by atoms with Gasteiger partial charge >= 0.3 is 18.2 Å². The van der Waals surface area contributed by atoms with E-state index in [-0.39, 0.29) is 12.6 Å². The van der Waals surface area contributed by atoms with Crippen molar-refractivity contribution in [3.8, 4) is 5.75 Å². The molecule has 0 saturated carbocycles. The zero-order valence-electron chi connectivity index (χ0n) is 24.5. The third-order valence-corrected chi connectivity index (χ3v) is 4.13. The van der Waals surface area contributed by atoms with E-state index in [1.807, 2.05) is 12.1 Å². The number of amides is 2. The topological polar surface area (TPSA) is 160 Å². The van der Waals surface area contributed by atoms with E-state index in [4.69, 9.17) is 29.5 Å². The first-order valence-electron chi connectivity index (χ1n) is 12.7. The summed E-state index contributed by atoms with van der Waals surface area (Å²) in [5.41, 5.74) is 4.75. The molecule has 12 nitrogen and oxygen atoms in total. The highest BCUT2D eigenvalue weighted by Crippen LogP contribution is 2.15. The van der Waals surface area contributed by atoms with Crippen molar-refractivity contribution in [3.05, 3.63) is 29.8 Å². The van der Waals surface area contributed by atoms with Crippen LogP contribution in [0, 0.1) is 0 Å². The van der Waals surface area contributed by atoms with Crippen LogP contribution in [-0.4, -0.2) is 60.2 Å². The van der Waals surface area contributed by atoms with Crippen LogP contribution in [0.15, 0.2) is 29.4 Å². The molecule has 220 valence electrons. The van der Waals surface area contributed by atoms with Crippen LogP contribution in [0.25, 0.3) is 0 Å². The van der Waals surface area contributed by atoms with Gasteiger partial charge in [-0.2, -0.15) is 0 Å². The summed E-state index contributed by atoms with van der Waals surface area (Å²) in [5.74, 6) is -0.0946. The lowest BCUT2D eigenvalue weighted by Gasteiger charge is -2.22. The number of benzene rings is 1. The Bertz CT molecular complexity index is 941. The van der Waals surface area contributed by atoms with E-state index in [1.54, 1.807) is 74.4 Å². The van der Waals surface area contributed by atoms with Gasteiger partial charge in [0.05, 0.1) is 6.61 Å².